The lowest BCUT2D eigenvalue weighted by atomic mass is 9.97. The van der Waals surface area contributed by atoms with Crippen molar-refractivity contribution in [2.75, 3.05) is 18.6 Å². The van der Waals surface area contributed by atoms with E-state index in [-0.39, 0.29) is 28.0 Å². The average Bonchev–Trinajstić information content (AvgIpc) is 3.25. The monoisotopic (exact) mass is 569 g/mol. The summed E-state index contributed by atoms with van der Waals surface area (Å²) in [4.78, 5) is 28.5. The fraction of sp³-hybridized carbons (Fsp3) is 0.290. The summed E-state index contributed by atoms with van der Waals surface area (Å²) >= 11 is 0. The first-order valence-corrected chi connectivity index (χ1v) is 13.2. The molecule has 41 heavy (non-hydrogen) atoms. The molecule has 0 radical (unpaired) electrons. The molecule has 1 aliphatic rings. The third-order valence-corrected chi connectivity index (χ3v) is 7.04. The van der Waals surface area contributed by atoms with Crippen LogP contribution in [-0.2, 0) is 6.18 Å². The van der Waals surface area contributed by atoms with Crippen molar-refractivity contribution in [1.29, 1.82) is 0 Å². The van der Waals surface area contributed by atoms with Crippen LogP contribution in [0.2, 0.25) is 0 Å². The number of amides is 1. The summed E-state index contributed by atoms with van der Waals surface area (Å²) in [5, 5.41) is -0.0913. The maximum Gasteiger partial charge on any atom is 0.416 e. The van der Waals surface area contributed by atoms with Crippen molar-refractivity contribution in [2.45, 2.75) is 44.8 Å². The summed E-state index contributed by atoms with van der Waals surface area (Å²) in [7, 11) is 1.44. The summed E-state index contributed by atoms with van der Waals surface area (Å²) in [6.45, 7) is 2.56. The Morgan fingerprint density at radius 1 is 0.951 bits per heavy atom. The van der Waals surface area contributed by atoms with E-state index in [1.165, 1.54) is 25.3 Å². The van der Waals surface area contributed by atoms with Gasteiger partial charge in [0.25, 0.3) is 5.91 Å². The Morgan fingerprint density at radius 3 is 2.49 bits per heavy atom. The van der Waals surface area contributed by atoms with E-state index in [4.69, 9.17) is 13.9 Å². The van der Waals surface area contributed by atoms with E-state index in [2.05, 4.69) is 6.92 Å². The normalized spacial score (nSPS) is 14.9. The summed E-state index contributed by atoms with van der Waals surface area (Å²) < 4.78 is 72.1. The van der Waals surface area contributed by atoms with Gasteiger partial charge in [0, 0.05) is 5.69 Å². The minimum Gasteiger partial charge on any atom is -0.493 e. The molecule has 214 valence electrons. The van der Waals surface area contributed by atoms with Crippen LogP contribution >= 0.6 is 0 Å². The highest BCUT2D eigenvalue weighted by Crippen LogP contribution is 2.44. The van der Waals surface area contributed by atoms with Crippen molar-refractivity contribution in [3.05, 3.63) is 99.2 Å². The molecule has 2 heterocycles. The van der Waals surface area contributed by atoms with Crippen molar-refractivity contribution in [1.82, 2.24) is 0 Å². The third-order valence-electron chi connectivity index (χ3n) is 7.04. The molecule has 5 rings (SSSR count). The zero-order chi connectivity index (χ0) is 29.3. The van der Waals surface area contributed by atoms with E-state index in [0.29, 0.717) is 23.7 Å². The Hall–Kier alpha value is -4.34. The second kappa shape index (κ2) is 11.3. The van der Waals surface area contributed by atoms with Crippen molar-refractivity contribution in [3.8, 4) is 11.5 Å². The van der Waals surface area contributed by atoms with Crippen LogP contribution in [0.15, 0.2) is 69.9 Å². The van der Waals surface area contributed by atoms with Gasteiger partial charge in [-0.05, 0) is 60.5 Å². The molecule has 0 saturated carbocycles. The van der Waals surface area contributed by atoms with Gasteiger partial charge >= 0.3 is 6.18 Å². The Labute approximate surface area is 233 Å². The second-order valence-corrected chi connectivity index (χ2v) is 9.76. The molecule has 3 aromatic carbocycles. The highest BCUT2D eigenvalue weighted by Gasteiger charge is 2.44. The second-order valence-electron chi connectivity index (χ2n) is 9.76. The number of rotatable bonds is 9. The molecule has 6 nitrogen and oxygen atoms in total. The van der Waals surface area contributed by atoms with Gasteiger partial charge in [-0.15, -0.1) is 0 Å². The van der Waals surface area contributed by atoms with E-state index in [1.54, 1.807) is 18.2 Å². The van der Waals surface area contributed by atoms with Crippen LogP contribution in [0.4, 0.5) is 23.2 Å². The summed E-state index contributed by atoms with van der Waals surface area (Å²) in [5.41, 5.74) is -1.48. The Kier molecular flexibility index (Phi) is 7.75. The van der Waals surface area contributed by atoms with Crippen LogP contribution in [0.25, 0.3) is 11.0 Å². The predicted molar refractivity (Wildman–Crippen MR) is 145 cm³/mol. The van der Waals surface area contributed by atoms with Gasteiger partial charge in [-0.2, -0.15) is 13.2 Å². The van der Waals surface area contributed by atoms with Crippen LogP contribution in [0.1, 0.15) is 65.9 Å². The highest BCUT2D eigenvalue weighted by atomic mass is 19.4. The SMILES string of the molecule is CCCCCCOc1ccc(C2c3c(oc4ccc(F)cc4c3=O)C(=O)N2c2cccc(C(F)(F)F)c2)cc1OC. The molecular formula is C31H27F4NO5. The van der Waals surface area contributed by atoms with Crippen molar-refractivity contribution < 1.29 is 36.2 Å². The molecule has 0 aliphatic carbocycles. The van der Waals surface area contributed by atoms with Gasteiger partial charge in [0.15, 0.2) is 16.9 Å². The molecule has 0 fully saturated rings. The molecule has 1 unspecified atom stereocenters. The highest BCUT2D eigenvalue weighted by molar-refractivity contribution is 6.10. The van der Waals surface area contributed by atoms with Crippen LogP contribution in [0.5, 0.6) is 11.5 Å². The van der Waals surface area contributed by atoms with Gasteiger partial charge in [0.1, 0.15) is 11.4 Å². The Bertz CT molecular complexity index is 1660. The van der Waals surface area contributed by atoms with E-state index >= 15 is 0 Å². The van der Waals surface area contributed by atoms with Gasteiger partial charge in [-0.1, -0.05) is 38.3 Å². The molecule has 1 aromatic heterocycles. The fourth-order valence-electron chi connectivity index (χ4n) is 5.04. The zero-order valence-electron chi connectivity index (χ0n) is 22.4. The molecular weight excluding hydrogens is 542 g/mol. The Morgan fingerprint density at radius 2 is 1.76 bits per heavy atom. The van der Waals surface area contributed by atoms with Gasteiger partial charge < -0.3 is 13.9 Å². The Balaban J connectivity index is 1.65. The lowest BCUT2D eigenvalue weighted by molar-refractivity contribution is -0.137. The van der Waals surface area contributed by atoms with Gasteiger partial charge in [0.05, 0.1) is 36.3 Å². The molecule has 10 heteroatoms. The number of hydrogen-bond acceptors (Lipinski definition) is 5. The molecule has 0 spiro atoms. The first-order chi connectivity index (χ1) is 19.6. The smallest absolute Gasteiger partial charge is 0.416 e. The average molecular weight is 570 g/mol. The topological polar surface area (TPSA) is 69.0 Å². The number of halogens is 4. The van der Waals surface area contributed by atoms with Crippen molar-refractivity contribution in [3.63, 3.8) is 0 Å². The number of fused-ring (bicyclic) bond motifs is 2. The number of alkyl halides is 3. The number of ether oxygens (including phenoxy) is 2. The van der Waals surface area contributed by atoms with E-state index in [9.17, 15) is 27.2 Å². The standard InChI is InChI=1S/C31H27F4NO5/c1-3-4-5-6-14-40-24-12-10-18(15-25(24)39-2)27-26-28(37)22-17-20(32)11-13-23(22)41-29(26)30(38)36(27)21-9-7-8-19(16-21)31(33,34)35/h7-13,15-17,27H,3-6,14H2,1-2H3. The molecule has 1 amide bonds. The van der Waals surface area contributed by atoms with E-state index in [0.717, 1.165) is 54.8 Å². The molecule has 4 aromatic rings. The van der Waals surface area contributed by atoms with Crippen molar-refractivity contribution >= 4 is 22.6 Å². The van der Waals surface area contributed by atoms with Crippen LogP contribution in [0.3, 0.4) is 0 Å². The lowest BCUT2D eigenvalue weighted by Gasteiger charge is -2.26. The van der Waals surface area contributed by atoms with Crippen molar-refractivity contribution in [2.24, 2.45) is 0 Å². The van der Waals surface area contributed by atoms with E-state index < -0.39 is 34.9 Å². The zero-order valence-corrected chi connectivity index (χ0v) is 22.4. The predicted octanol–water partition coefficient (Wildman–Crippen LogP) is 7.67. The quantitative estimate of drug-likeness (QED) is 0.153. The maximum absolute atomic E-state index is 14.1. The number of nitrogens with zero attached hydrogens (tertiary/aromatic N) is 1. The van der Waals surface area contributed by atoms with E-state index in [1.807, 2.05) is 0 Å². The molecule has 0 bridgehead atoms. The third kappa shape index (κ3) is 5.38. The first kappa shape index (κ1) is 28.2. The van der Waals surface area contributed by atoms with Gasteiger partial charge in [-0.3, -0.25) is 14.5 Å². The number of carbonyl (C=O) groups is 1. The number of anilines is 1. The molecule has 0 N–H and O–H groups in total. The number of unbranched alkanes of at least 4 members (excludes halogenated alkanes) is 3. The number of hydrogen-bond donors (Lipinski definition) is 0. The lowest BCUT2D eigenvalue weighted by Crippen LogP contribution is -2.29. The maximum atomic E-state index is 14.1. The molecule has 1 atom stereocenters. The number of benzene rings is 3. The summed E-state index contributed by atoms with van der Waals surface area (Å²) in [6, 6.07) is 11.2. The van der Waals surface area contributed by atoms with Crippen LogP contribution in [-0.4, -0.2) is 19.6 Å². The first-order valence-electron chi connectivity index (χ1n) is 13.2. The van der Waals surface area contributed by atoms with Gasteiger partial charge in [-0.25, -0.2) is 4.39 Å². The molecule has 1 aliphatic heterocycles. The largest absolute Gasteiger partial charge is 0.493 e. The van der Waals surface area contributed by atoms with Gasteiger partial charge in [0.2, 0.25) is 5.76 Å². The minimum absolute atomic E-state index is 0.0162. The number of carbonyl (C=O) groups excluding carboxylic acids is 1. The summed E-state index contributed by atoms with van der Waals surface area (Å²) in [6.07, 6.45) is -0.648. The van der Waals surface area contributed by atoms with Crippen LogP contribution < -0.4 is 19.8 Å². The van der Waals surface area contributed by atoms with Crippen LogP contribution in [0, 0.1) is 5.82 Å². The number of methoxy groups -OCH3 is 1. The minimum atomic E-state index is -4.67. The molecule has 0 saturated heterocycles. The fourth-order valence-corrected chi connectivity index (χ4v) is 5.04. The summed E-state index contributed by atoms with van der Waals surface area (Å²) in [5.74, 6) is -1.05.